The maximum Gasteiger partial charge on any atom is 0.254 e. The Morgan fingerprint density at radius 3 is 3.00 bits per heavy atom. The zero-order chi connectivity index (χ0) is 13.2. The Morgan fingerprint density at radius 2 is 2.28 bits per heavy atom. The number of aromatic nitrogens is 1. The maximum atomic E-state index is 13.0. The van der Waals surface area contributed by atoms with Gasteiger partial charge in [0.25, 0.3) is 5.91 Å². The third kappa shape index (κ3) is 3.04. The van der Waals surface area contributed by atoms with Gasteiger partial charge in [-0.25, -0.2) is 4.98 Å². The third-order valence-corrected chi connectivity index (χ3v) is 3.32. The third-order valence-electron chi connectivity index (χ3n) is 3.32. The molecule has 5 heteroatoms. The topological polar surface area (TPSA) is 53.4 Å². The molecule has 1 aromatic rings. The second-order valence-corrected chi connectivity index (χ2v) is 5.01. The van der Waals surface area contributed by atoms with Gasteiger partial charge in [-0.05, 0) is 32.3 Å². The summed E-state index contributed by atoms with van der Waals surface area (Å²) < 4.78 is 13.0. The molecular weight excluding hydrogens is 235 g/mol. The van der Waals surface area contributed by atoms with Crippen LogP contribution >= 0.6 is 0 Å². The summed E-state index contributed by atoms with van der Waals surface area (Å²) in [5.74, 6) is -0.850. The molecule has 2 heterocycles. The van der Waals surface area contributed by atoms with E-state index >= 15 is 0 Å². The van der Waals surface area contributed by atoms with Gasteiger partial charge in [0.15, 0.2) is 0 Å². The first-order chi connectivity index (χ1) is 8.48. The van der Waals surface area contributed by atoms with Crippen LogP contribution < -0.4 is 0 Å². The summed E-state index contributed by atoms with van der Waals surface area (Å²) in [5, 5.41) is 9.96. The maximum absolute atomic E-state index is 13.0. The van der Waals surface area contributed by atoms with Gasteiger partial charge in [0.2, 0.25) is 5.95 Å². The van der Waals surface area contributed by atoms with Crippen LogP contribution in [0, 0.1) is 5.95 Å². The summed E-state index contributed by atoms with van der Waals surface area (Å²) in [6.07, 6.45) is 3.27. The fraction of sp³-hybridized carbons (Fsp3) is 0.538. The van der Waals surface area contributed by atoms with Gasteiger partial charge < -0.3 is 10.0 Å². The summed E-state index contributed by atoms with van der Waals surface area (Å²) in [4.78, 5) is 17.3. The molecule has 1 aliphatic heterocycles. The standard InChI is InChI=1S/C13H17FN2O2/c1-13(18)4-2-7-16(8-5-13)12(17)10-3-6-15-11(14)9-10/h3,6,9,18H,2,4-5,7-8H2,1H3. The molecule has 0 aliphatic carbocycles. The van der Waals surface area contributed by atoms with Gasteiger partial charge in [-0.3, -0.25) is 4.79 Å². The van der Waals surface area contributed by atoms with Crippen molar-refractivity contribution in [1.82, 2.24) is 9.88 Å². The Hall–Kier alpha value is -1.49. The van der Waals surface area contributed by atoms with E-state index in [2.05, 4.69) is 4.98 Å². The zero-order valence-corrected chi connectivity index (χ0v) is 10.4. The molecule has 1 unspecified atom stereocenters. The Kier molecular flexibility index (Phi) is 3.61. The quantitative estimate of drug-likeness (QED) is 0.772. The second-order valence-electron chi connectivity index (χ2n) is 5.01. The molecule has 1 amide bonds. The van der Waals surface area contributed by atoms with Crippen molar-refractivity contribution in [2.45, 2.75) is 31.8 Å². The van der Waals surface area contributed by atoms with Crippen LogP contribution in [0.3, 0.4) is 0 Å². The van der Waals surface area contributed by atoms with Crippen molar-refractivity contribution >= 4 is 5.91 Å². The molecule has 0 aromatic carbocycles. The predicted molar refractivity (Wildman–Crippen MR) is 64.6 cm³/mol. The van der Waals surface area contributed by atoms with Crippen LogP contribution in [-0.2, 0) is 0 Å². The largest absolute Gasteiger partial charge is 0.390 e. The number of aliphatic hydroxyl groups is 1. The fourth-order valence-corrected chi connectivity index (χ4v) is 2.18. The Morgan fingerprint density at radius 1 is 1.50 bits per heavy atom. The first kappa shape index (κ1) is 13.0. The van der Waals surface area contributed by atoms with Crippen molar-refractivity contribution in [2.75, 3.05) is 13.1 Å². The van der Waals surface area contributed by atoms with Crippen molar-refractivity contribution < 1.29 is 14.3 Å². The predicted octanol–water partition coefficient (Wildman–Crippen LogP) is 1.60. The highest BCUT2D eigenvalue weighted by molar-refractivity contribution is 5.94. The van der Waals surface area contributed by atoms with Crippen molar-refractivity contribution in [3.05, 3.63) is 29.8 Å². The van der Waals surface area contributed by atoms with Gasteiger partial charge in [0.1, 0.15) is 0 Å². The van der Waals surface area contributed by atoms with Crippen molar-refractivity contribution in [1.29, 1.82) is 0 Å². The zero-order valence-electron chi connectivity index (χ0n) is 10.4. The molecule has 0 radical (unpaired) electrons. The Bertz CT molecular complexity index is 448. The highest BCUT2D eigenvalue weighted by atomic mass is 19.1. The van der Waals surface area contributed by atoms with E-state index in [0.717, 1.165) is 12.5 Å². The molecule has 2 rings (SSSR count). The van der Waals surface area contributed by atoms with E-state index in [-0.39, 0.29) is 5.91 Å². The van der Waals surface area contributed by atoms with Gasteiger partial charge in [0.05, 0.1) is 5.60 Å². The van der Waals surface area contributed by atoms with Gasteiger partial charge in [-0.15, -0.1) is 0 Å². The van der Waals surface area contributed by atoms with Crippen molar-refractivity contribution in [3.63, 3.8) is 0 Å². The molecular formula is C13H17FN2O2. The lowest BCUT2D eigenvalue weighted by Crippen LogP contribution is -2.33. The average Bonchev–Trinajstić information content (AvgIpc) is 2.49. The first-order valence-corrected chi connectivity index (χ1v) is 6.11. The summed E-state index contributed by atoms with van der Waals surface area (Å²) in [6, 6.07) is 2.65. The number of nitrogens with zero attached hydrogens (tertiary/aromatic N) is 2. The average molecular weight is 252 g/mol. The SMILES string of the molecule is CC1(O)CCCN(C(=O)c2ccnc(F)c2)CC1. The normalized spacial score (nSPS) is 24.7. The van der Waals surface area contributed by atoms with Crippen LogP contribution in [0.4, 0.5) is 4.39 Å². The highest BCUT2D eigenvalue weighted by Gasteiger charge is 2.27. The van der Waals surface area contributed by atoms with Crippen LogP contribution in [0.15, 0.2) is 18.3 Å². The lowest BCUT2D eigenvalue weighted by Gasteiger charge is -2.22. The Balaban J connectivity index is 2.10. The lowest BCUT2D eigenvalue weighted by atomic mass is 9.98. The molecule has 1 aromatic heterocycles. The van der Waals surface area contributed by atoms with E-state index < -0.39 is 11.5 Å². The number of pyridine rings is 1. The first-order valence-electron chi connectivity index (χ1n) is 6.11. The van der Waals surface area contributed by atoms with E-state index in [9.17, 15) is 14.3 Å². The van der Waals surface area contributed by atoms with Crippen LogP contribution in [0.25, 0.3) is 0 Å². The van der Waals surface area contributed by atoms with Gasteiger partial charge in [0, 0.05) is 30.9 Å². The molecule has 1 fully saturated rings. The molecule has 98 valence electrons. The minimum absolute atomic E-state index is 0.200. The number of carbonyl (C=O) groups is 1. The van der Waals surface area contributed by atoms with Crippen LogP contribution in [0.2, 0.25) is 0 Å². The molecule has 1 N–H and O–H groups in total. The monoisotopic (exact) mass is 252 g/mol. The van der Waals surface area contributed by atoms with Crippen LogP contribution in [0.1, 0.15) is 36.5 Å². The van der Waals surface area contributed by atoms with E-state index in [1.54, 1.807) is 11.8 Å². The van der Waals surface area contributed by atoms with E-state index in [4.69, 9.17) is 0 Å². The van der Waals surface area contributed by atoms with E-state index in [1.807, 2.05) is 0 Å². The number of halogens is 1. The molecule has 0 bridgehead atoms. The van der Waals surface area contributed by atoms with Crippen molar-refractivity contribution in [3.8, 4) is 0 Å². The summed E-state index contributed by atoms with van der Waals surface area (Å²) in [6.45, 7) is 2.88. The number of hydrogen-bond donors (Lipinski definition) is 1. The summed E-state index contributed by atoms with van der Waals surface area (Å²) in [5.41, 5.74) is -0.400. The van der Waals surface area contributed by atoms with Crippen molar-refractivity contribution in [2.24, 2.45) is 0 Å². The highest BCUT2D eigenvalue weighted by Crippen LogP contribution is 2.22. The number of hydrogen-bond acceptors (Lipinski definition) is 3. The smallest absolute Gasteiger partial charge is 0.254 e. The molecule has 0 spiro atoms. The molecule has 1 atom stereocenters. The van der Waals surface area contributed by atoms with Crippen LogP contribution in [0.5, 0.6) is 0 Å². The Labute approximate surface area is 105 Å². The van der Waals surface area contributed by atoms with Gasteiger partial charge in [-0.1, -0.05) is 0 Å². The van der Waals surface area contributed by atoms with Crippen LogP contribution in [-0.4, -0.2) is 39.6 Å². The lowest BCUT2D eigenvalue weighted by molar-refractivity contribution is 0.0438. The minimum atomic E-state index is -0.710. The second kappa shape index (κ2) is 5.02. The van der Waals surface area contributed by atoms with E-state index in [0.29, 0.717) is 31.5 Å². The number of carbonyl (C=O) groups excluding carboxylic acids is 1. The molecule has 18 heavy (non-hydrogen) atoms. The molecule has 1 saturated heterocycles. The summed E-state index contributed by atoms with van der Waals surface area (Å²) >= 11 is 0. The fourth-order valence-electron chi connectivity index (χ4n) is 2.18. The van der Waals surface area contributed by atoms with Gasteiger partial charge in [-0.2, -0.15) is 4.39 Å². The molecule has 4 nitrogen and oxygen atoms in total. The van der Waals surface area contributed by atoms with Gasteiger partial charge >= 0.3 is 0 Å². The minimum Gasteiger partial charge on any atom is -0.390 e. The molecule has 0 saturated carbocycles. The number of likely N-dealkylation sites (tertiary alicyclic amines) is 1. The van der Waals surface area contributed by atoms with E-state index in [1.165, 1.54) is 12.3 Å². The number of amides is 1. The number of rotatable bonds is 1. The molecule has 1 aliphatic rings. The summed E-state index contributed by atoms with van der Waals surface area (Å²) in [7, 11) is 0.